The Balaban J connectivity index is 1.32. The average Bonchev–Trinajstić information content (AvgIpc) is 3.55. The normalized spacial score (nSPS) is 48.2. The molecule has 6 aliphatic rings. The number of rotatable bonds is 3. The second kappa shape index (κ2) is 6.06. The molecule has 7 rings (SSSR count). The predicted octanol–water partition coefficient (Wildman–Crippen LogP) is 5.10. The van der Waals surface area contributed by atoms with Gasteiger partial charge in [0.1, 0.15) is 0 Å². The first kappa shape index (κ1) is 16.8. The van der Waals surface area contributed by atoms with Crippen molar-refractivity contribution < 1.29 is 14.2 Å². The SMILES string of the molecule is Cc1c(C2CC3CCC2O3)cc(C2CC3CCC2O3)cc1C1CC2CCC1O2. The molecule has 28 heavy (non-hydrogen) atoms. The third kappa shape index (κ3) is 2.39. The Hall–Kier alpha value is -0.900. The van der Waals surface area contributed by atoms with E-state index in [1.165, 1.54) is 57.8 Å². The quantitative estimate of drug-likeness (QED) is 0.730. The summed E-state index contributed by atoms with van der Waals surface area (Å²) < 4.78 is 18.8. The molecule has 150 valence electrons. The van der Waals surface area contributed by atoms with Crippen LogP contribution in [0.15, 0.2) is 12.1 Å². The molecule has 6 fully saturated rings. The Bertz CT molecular complexity index is 754. The Morgan fingerprint density at radius 1 is 0.607 bits per heavy atom. The zero-order chi connectivity index (χ0) is 18.4. The third-order valence-electron chi connectivity index (χ3n) is 9.06. The Morgan fingerprint density at radius 3 is 1.39 bits per heavy atom. The molecule has 6 heterocycles. The van der Waals surface area contributed by atoms with Gasteiger partial charge >= 0.3 is 0 Å². The van der Waals surface area contributed by atoms with Gasteiger partial charge in [-0.15, -0.1) is 0 Å². The lowest BCUT2D eigenvalue weighted by Crippen LogP contribution is -2.22. The molecule has 9 unspecified atom stereocenters. The molecule has 0 aliphatic carbocycles. The molecule has 9 atom stereocenters. The van der Waals surface area contributed by atoms with Gasteiger partial charge < -0.3 is 14.2 Å². The lowest BCUT2D eigenvalue weighted by molar-refractivity contribution is 0.0998. The molecule has 1 aromatic carbocycles. The smallest absolute Gasteiger partial charge is 0.0649 e. The largest absolute Gasteiger partial charge is 0.374 e. The monoisotopic (exact) mass is 380 g/mol. The third-order valence-corrected chi connectivity index (χ3v) is 9.06. The summed E-state index contributed by atoms with van der Waals surface area (Å²) in [5, 5.41) is 0. The highest BCUT2D eigenvalue weighted by atomic mass is 16.5. The van der Waals surface area contributed by atoms with E-state index in [0.29, 0.717) is 54.4 Å². The predicted molar refractivity (Wildman–Crippen MR) is 107 cm³/mol. The van der Waals surface area contributed by atoms with Crippen LogP contribution in [0.3, 0.4) is 0 Å². The summed E-state index contributed by atoms with van der Waals surface area (Å²) >= 11 is 0. The minimum Gasteiger partial charge on any atom is -0.374 e. The summed E-state index contributed by atoms with van der Waals surface area (Å²) in [7, 11) is 0. The van der Waals surface area contributed by atoms with Crippen molar-refractivity contribution in [3.05, 3.63) is 34.4 Å². The Kier molecular flexibility index (Phi) is 3.65. The van der Waals surface area contributed by atoms with E-state index in [4.69, 9.17) is 14.2 Å². The molecule has 0 spiro atoms. The molecule has 6 saturated heterocycles. The van der Waals surface area contributed by atoms with Crippen molar-refractivity contribution in [3.8, 4) is 0 Å². The zero-order valence-electron chi connectivity index (χ0n) is 16.9. The highest BCUT2D eigenvalue weighted by Crippen LogP contribution is 2.52. The Morgan fingerprint density at radius 2 is 1.04 bits per heavy atom. The lowest BCUT2D eigenvalue weighted by atomic mass is 9.73. The van der Waals surface area contributed by atoms with Gasteiger partial charge in [0.05, 0.1) is 36.6 Å². The molecular formula is C25H32O3. The fraction of sp³-hybridized carbons (Fsp3) is 0.760. The number of ether oxygens (including phenoxy) is 3. The summed E-state index contributed by atoms with van der Waals surface area (Å²) in [6, 6.07) is 5.16. The standard InChI is InChI=1S/C25H32O3/c1-13-18(21-11-16-3-6-24(21)27-16)8-14(20-10-15-2-5-23(20)26-15)9-19(13)22-12-17-4-7-25(22)28-17/h8-9,15-17,20-25H,2-7,10-12H2,1H3. The molecule has 0 amide bonds. The molecule has 6 aliphatic heterocycles. The average molecular weight is 381 g/mol. The summed E-state index contributed by atoms with van der Waals surface area (Å²) in [6.45, 7) is 2.39. The van der Waals surface area contributed by atoms with Crippen LogP contribution in [0.5, 0.6) is 0 Å². The van der Waals surface area contributed by atoms with E-state index < -0.39 is 0 Å². The minimum atomic E-state index is 0.458. The fourth-order valence-corrected chi connectivity index (χ4v) is 7.69. The molecule has 0 aromatic heterocycles. The van der Waals surface area contributed by atoms with Crippen LogP contribution in [0, 0.1) is 6.92 Å². The summed E-state index contributed by atoms with van der Waals surface area (Å²) in [4.78, 5) is 0. The highest BCUT2D eigenvalue weighted by Gasteiger charge is 2.46. The van der Waals surface area contributed by atoms with Gasteiger partial charge in [0.2, 0.25) is 0 Å². The molecule has 0 N–H and O–H groups in total. The first-order chi connectivity index (χ1) is 13.7. The highest BCUT2D eigenvalue weighted by molar-refractivity contribution is 5.46. The maximum absolute atomic E-state index is 6.27. The van der Waals surface area contributed by atoms with Crippen molar-refractivity contribution in [3.63, 3.8) is 0 Å². The number of hydrogen-bond donors (Lipinski definition) is 0. The molecule has 1 aromatic rings. The van der Waals surface area contributed by atoms with Gasteiger partial charge in [0.15, 0.2) is 0 Å². The van der Waals surface area contributed by atoms with E-state index in [-0.39, 0.29) is 0 Å². The van der Waals surface area contributed by atoms with Crippen LogP contribution >= 0.6 is 0 Å². The topological polar surface area (TPSA) is 27.7 Å². The maximum atomic E-state index is 6.27. The summed E-state index contributed by atoms with van der Waals surface area (Å²) in [5.41, 5.74) is 6.32. The molecular weight excluding hydrogens is 348 g/mol. The van der Waals surface area contributed by atoms with Crippen molar-refractivity contribution in [1.82, 2.24) is 0 Å². The van der Waals surface area contributed by atoms with Crippen molar-refractivity contribution >= 4 is 0 Å². The number of fused-ring (bicyclic) bond motifs is 6. The van der Waals surface area contributed by atoms with Crippen molar-refractivity contribution in [2.24, 2.45) is 0 Å². The Labute approximate surface area is 168 Å². The minimum absolute atomic E-state index is 0.458. The van der Waals surface area contributed by atoms with Crippen LogP contribution in [-0.2, 0) is 14.2 Å². The van der Waals surface area contributed by atoms with Gasteiger partial charge in [0.25, 0.3) is 0 Å². The van der Waals surface area contributed by atoms with Crippen LogP contribution in [-0.4, -0.2) is 36.6 Å². The van der Waals surface area contributed by atoms with Gasteiger partial charge in [-0.2, -0.15) is 0 Å². The van der Waals surface area contributed by atoms with Crippen molar-refractivity contribution in [2.75, 3.05) is 0 Å². The second-order valence-electron chi connectivity index (χ2n) is 10.5. The molecule has 3 nitrogen and oxygen atoms in total. The number of benzene rings is 1. The first-order valence-corrected chi connectivity index (χ1v) is 11.8. The van der Waals surface area contributed by atoms with E-state index in [2.05, 4.69) is 19.1 Å². The van der Waals surface area contributed by atoms with E-state index >= 15 is 0 Å². The van der Waals surface area contributed by atoms with Gasteiger partial charge in [-0.1, -0.05) is 12.1 Å². The van der Waals surface area contributed by atoms with Crippen LogP contribution in [0.1, 0.15) is 97.8 Å². The molecule has 6 bridgehead atoms. The van der Waals surface area contributed by atoms with Gasteiger partial charge in [-0.25, -0.2) is 0 Å². The van der Waals surface area contributed by atoms with Crippen molar-refractivity contribution in [2.45, 2.75) is 119 Å². The van der Waals surface area contributed by atoms with E-state index in [0.717, 1.165) is 0 Å². The zero-order valence-corrected chi connectivity index (χ0v) is 16.9. The van der Waals surface area contributed by atoms with Gasteiger partial charge in [0, 0.05) is 17.8 Å². The number of hydrogen-bond acceptors (Lipinski definition) is 3. The molecule has 3 heteroatoms. The van der Waals surface area contributed by atoms with Crippen LogP contribution < -0.4 is 0 Å². The second-order valence-corrected chi connectivity index (χ2v) is 10.5. The van der Waals surface area contributed by atoms with E-state index in [9.17, 15) is 0 Å². The molecule has 0 saturated carbocycles. The fourth-order valence-electron chi connectivity index (χ4n) is 7.69. The maximum Gasteiger partial charge on any atom is 0.0649 e. The van der Waals surface area contributed by atoms with Crippen LogP contribution in [0.4, 0.5) is 0 Å². The van der Waals surface area contributed by atoms with Gasteiger partial charge in [-0.3, -0.25) is 0 Å². The van der Waals surface area contributed by atoms with E-state index in [1.807, 2.05) is 0 Å². The summed E-state index contributed by atoms with van der Waals surface area (Å²) in [6.07, 6.45) is 14.2. The first-order valence-electron chi connectivity index (χ1n) is 11.8. The van der Waals surface area contributed by atoms with E-state index in [1.54, 1.807) is 22.3 Å². The van der Waals surface area contributed by atoms with Crippen LogP contribution in [0.2, 0.25) is 0 Å². The van der Waals surface area contributed by atoms with Crippen molar-refractivity contribution in [1.29, 1.82) is 0 Å². The van der Waals surface area contributed by atoms with Gasteiger partial charge in [-0.05, 0) is 87.0 Å². The van der Waals surface area contributed by atoms with Crippen LogP contribution in [0.25, 0.3) is 0 Å². The lowest BCUT2D eigenvalue weighted by Gasteiger charge is -2.29. The summed E-state index contributed by atoms with van der Waals surface area (Å²) in [5.74, 6) is 1.82. The molecule has 0 radical (unpaired) electrons.